The van der Waals surface area contributed by atoms with Crippen molar-refractivity contribution >= 4 is 10.8 Å². The summed E-state index contributed by atoms with van der Waals surface area (Å²) in [4.78, 5) is 0. The molecule has 3 heteroatoms. The van der Waals surface area contributed by atoms with Crippen molar-refractivity contribution < 1.29 is 9.47 Å². The first-order valence-corrected chi connectivity index (χ1v) is 11.0. The van der Waals surface area contributed by atoms with Crippen molar-refractivity contribution in [3.8, 4) is 11.5 Å². The Hall–Kier alpha value is -3.30. The lowest BCUT2D eigenvalue weighted by Crippen LogP contribution is -2.34. The Morgan fingerprint density at radius 1 is 0.871 bits per heavy atom. The molecule has 1 unspecified atom stereocenters. The zero-order valence-electron chi connectivity index (χ0n) is 17.6. The predicted molar refractivity (Wildman–Crippen MR) is 126 cm³/mol. The number of hydrogen-bond donors (Lipinski definition) is 1. The maximum Gasteiger partial charge on any atom is 0.126 e. The van der Waals surface area contributed by atoms with Crippen molar-refractivity contribution in [2.24, 2.45) is 0 Å². The lowest BCUT2D eigenvalue weighted by molar-refractivity contribution is 0.169. The lowest BCUT2D eigenvalue weighted by Gasteiger charge is -2.27. The molecule has 31 heavy (non-hydrogen) atoms. The van der Waals surface area contributed by atoms with E-state index in [4.69, 9.17) is 9.47 Å². The fourth-order valence-electron chi connectivity index (χ4n) is 4.19. The van der Waals surface area contributed by atoms with E-state index in [0.717, 1.165) is 43.0 Å². The topological polar surface area (TPSA) is 30.5 Å². The molecule has 0 saturated heterocycles. The average Bonchev–Trinajstić information content (AvgIpc) is 2.83. The van der Waals surface area contributed by atoms with Gasteiger partial charge in [-0.05, 0) is 46.4 Å². The van der Waals surface area contributed by atoms with Crippen LogP contribution in [0.25, 0.3) is 10.8 Å². The number of hydrogen-bond acceptors (Lipinski definition) is 3. The molecule has 0 saturated carbocycles. The molecule has 156 valence electrons. The molecule has 1 atom stereocenters. The third kappa shape index (κ3) is 4.73. The van der Waals surface area contributed by atoms with Gasteiger partial charge in [-0.2, -0.15) is 0 Å². The monoisotopic (exact) mass is 409 g/mol. The highest BCUT2D eigenvalue weighted by Gasteiger charge is 2.20. The Morgan fingerprint density at radius 3 is 2.65 bits per heavy atom. The van der Waals surface area contributed by atoms with Crippen molar-refractivity contribution in [1.82, 2.24) is 5.32 Å². The minimum Gasteiger partial charge on any atom is -0.489 e. The molecule has 1 aliphatic rings. The van der Waals surface area contributed by atoms with E-state index in [1.807, 2.05) is 30.3 Å². The SMILES string of the molecule is c1ccc(COc2ccc3c(c2)OC(CNCc2cccc4ccccc24)CC3)cc1. The molecule has 0 aromatic heterocycles. The molecular weight excluding hydrogens is 382 g/mol. The first-order valence-electron chi connectivity index (χ1n) is 11.0. The van der Waals surface area contributed by atoms with Gasteiger partial charge in [0.05, 0.1) is 0 Å². The normalized spacial score (nSPS) is 15.3. The van der Waals surface area contributed by atoms with Gasteiger partial charge in [0.25, 0.3) is 0 Å². The highest BCUT2D eigenvalue weighted by Crippen LogP contribution is 2.31. The molecule has 1 heterocycles. The summed E-state index contributed by atoms with van der Waals surface area (Å²) < 4.78 is 12.3. The van der Waals surface area contributed by atoms with Crippen LogP contribution in [0.4, 0.5) is 0 Å². The summed E-state index contributed by atoms with van der Waals surface area (Å²) in [6.45, 7) is 2.24. The van der Waals surface area contributed by atoms with Crippen molar-refractivity contribution in [3.63, 3.8) is 0 Å². The van der Waals surface area contributed by atoms with E-state index in [9.17, 15) is 0 Å². The van der Waals surface area contributed by atoms with Crippen molar-refractivity contribution in [3.05, 3.63) is 108 Å². The number of benzene rings is 4. The Kier molecular flexibility index (Phi) is 5.85. The van der Waals surface area contributed by atoms with E-state index in [0.29, 0.717) is 6.61 Å². The minimum atomic E-state index is 0.173. The summed E-state index contributed by atoms with van der Waals surface area (Å²) in [5.41, 5.74) is 3.75. The Bertz CT molecular complexity index is 1150. The van der Waals surface area contributed by atoms with E-state index in [-0.39, 0.29) is 6.10 Å². The molecule has 3 nitrogen and oxygen atoms in total. The van der Waals surface area contributed by atoms with Gasteiger partial charge < -0.3 is 14.8 Å². The Labute approximate surface area is 183 Å². The van der Waals surface area contributed by atoms with Crippen molar-refractivity contribution in [2.75, 3.05) is 6.54 Å². The molecule has 0 spiro atoms. The molecule has 0 aliphatic carbocycles. The van der Waals surface area contributed by atoms with E-state index in [1.54, 1.807) is 0 Å². The van der Waals surface area contributed by atoms with Crippen LogP contribution >= 0.6 is 0 Å². The van der Waals surface area contributed by atoms with Crippen LogP contribution in [-0.2, 0) is 19.6 Å². The molecule has 0 bridgehead atoms. The number of fused-ring (bicyclic) bond motifs is 2. The van der Waals surface area contributed by atoms with Crippen LogP contribution < -0.4 is 14.8 Å². The molecular formula is C28H27NO2. The second-order valence-electron chi connectivity index (χ2n) is 8.09. The Morgan fingerprint density at radius 2 is 1.71 bits per heavy atom. The van der Waals surface area contributed by atoms with E-state index in [1.165, 1.54) is 21.9 Å². The molecule has 4 aromatic carbocycles. The molecule has 0 fully saturated rings. The fourth-order valence-corrected chi connectivity index (χ4v) is 4.19. The molecule has 0 amide bonds. The van der Waals surface area contributed by atoms with Gasteiger partial charge in [-0.1, -0.05) is 78.9 Å². The van der Waals surface area contributed by atoms with Gasteiger partial charge in [-0.15, -0.1) is 0 Å². The summed E-state index contributed by atoms with van der Waals surface area (Å²) >= 11 is 0. The van der Waals surface area contributed by atoms with Crippen LogP contribution in [0.1, 0.15) is 23.1 Å². The van der Waals surface area contributed by atoms with Crippen molar-refractivity contribution in [2.45, 2.75) is 32.1 Å². The van der Waals surface area contributed by atoms with Crippen LogP contribution in [-0.4, -0.2) is 12.6 Å². The summed E-state index contributed by atoms with van der Waals surface area (Å²) in [5, 5.41) is 6.20. The molecule has 1 N–H and O–H groups in total. The number of nitrogens with one attached hydrogen (secondary N) is 1. The average molecular weight is 410 g/mol. The van der Waals surface area contributed by atoms with Gasteiger partial charge in [-0.3, -0.25) is 0 Å². The van der Waals surface area contributed by atoms with Crippen LogP contribution in [0.2, 0.25) is 0 Å². The number of ether oxygens (including phenoxy) is 2. The zero-order valence-corrected chi connectivity index (χ0v) is 17.6. The second kappa shape index (κ2) is 9.23. The summed E-state index contributed by atoms with van der Waals surface area (Å²) in [5.74, 6) is 1.81. The summed E-state index contributed by atoms with van der Waals surface area (Å²) in [7, 11) is 0. The minimum absolute atomic E-state index is 0.173. The first kappa shape index (κ1) is 19.7. The molecule has 0 radical (unpaired) electrons. The lowest BCUT2D eigenvalue weighted by atomic mass is 10.0. The molecule has 5 rings (SSSR count). The van der Waals surface area contributed by atoms with E-state index < -0.39 is 0 Å². The van der Waals surface area contributed by atoms with Crippen LogP contribution in [0.15, 0.2) is 91.0 Å². The summed E-state index contributed by atoms with van der Waals surface area (Å²) in [6.07, 6.45) is 2.24. The van der Waals surface area contributed by atoms with Gasteiger partial charge >= 0.3 is 0 Å². The van der Waals surface area contributed by atoms with Gasteiger partial charge in [0.15, 0.2) is 0 Å². The van der Waals surface area contributed by atoms with Crippen LogP contribution in [0.3, 0.4) is 0 Å². The van der Waals surface area contributed by atoms with E-state index in [2.05, 4.69) is 66.0 Å². The number of rotatable bonds is 7. The van der Waals surface area contributed by atoms with Crippen molar-refractivity contribution in [1.29, 1.82) is 0 Å². The van der Waals surface area contributed by atoms with Gasteiger partial charge in [-0.25, -0.2) is 0 Å². The smallest absolute Gasteiger partial charge is 0.126 e. The van der Waals surface area contributed by atoms with Gasteiger partial charge in [0.2, 0.25) is 0 Å². The van der Waals surface area contributed by atoms with E-state index >= 15 is 0 Å². The number of aryl methyl sites for hydroxylation is 1. The first-order chi connectivity index (χ1) is 15.3. The maximum atomic E-state index is 6.31. The summed E-state index contributed by atoms with van der Waals surface area (Å²) in [6, 6.07) is 31.5. The largest absolute Gasteiger partial charge is 0.489 e. The molecule has 1 aliphatic heterocycles. The third-order valence-corrected chi connectivity index (χ3v) is 5.88. The second-order valence-corrected chi connectivity index (χ2v) is 8.09. The Balaban J connectivity index is 1.18. The highest BCUT2D eigenvalue weighted by atomic mass is 16.5. The third-order valence-electron chi connectivity index (χ3n) is 5.88. The predicted octanol–water partition coefficient (Wildman–Crippen LogP) is 5.90. The standard InChI is InChI=1S/C28H27NO2/c1-2-7-21(8-3-1)20-30-25-15-13-23-14-16-26(31-28(23)17-25)19-29-18-24-11-6-10-22-9-4-5-12-27(22)24/h1-13,15,17,26,29H,14,16,18-20H2. The fraction of sp³-hybridized carbons (Fsp3) is 0.214. The van der Waals surface area contributed by atoms with Crippen LogP contribution in [0, 0.1) is 0 Å². The van der Waals surface area contributed by atoms with Gasteiger partial charge in [0, 0.05) is 19.2 Å². The molecule has 4 aromatic rings. The highest BCUT2D eigenvalue weighted by molar-refractivity contribution is 5.85. The maximum absolute atomic E-state index is 6.31. The van der Waals surface area contributed by atoms with Crippen LogP contribution in [0.5, 0.6) is 11.5 Å². The van der Waals surface area contributed by atoms with Gasteiger partial charge in [0.1, 0.15) is 24.2 Å². The zero-order chi connectivity index (χ0) is 20.9. The quantitative estimate of drug-likeness (QED) is 0.412.